The fourth-order valence-corrected chi connectivity index (χ4v) is 5.46. The lowest BCUT2D eigenvalue weighted by Gasteiger charge is -2.41. The molecule has 3 heterocycles. The van der Waals surface area contributed by atoms with Crippen LogP contribution in [0.15, 0.2) is 24.3 Å². The van der Waals surface area contributed by atoms with E-state index in [-0.39, 0.29) is 12.1 Å². The highest BCUT2D eigenvalue weighted by Crippen LogP contribution is 2.31. The molecule has 3 fully saturated rings. The van der Waals surface area contributed by atoms with Crippen molar-refractivity contribution in [1.82, 2.24) is 30.0 Å². The van der Waals surface area contributed by atoms with E-state index in [2.05, 4.69) is 37.5 Å². The second kappa shape index (κ2) is 9.63. The standard InChI is InChI=1S/C23H34N6O2/c1-30-20-10-8-18(9-11-20)22(23-24-25-26-29(23)17-21-7-4-16-31-21)28-14-12-27(13-15-28)19-5-2-3-6-19/h8-11,19,21-22H,2-7,12-17H2,1H3/t21-,22-/m1/s1. The largest absolute Gasteiger partial charge is 0.497 e. The SMILES string of the molecule is COc1ccc([C@H](c2nnnn2C[C@H]2CCCO2)N2CCN(C3CCCC3)CC2)cc1. The number of aromatic nitrogens is 4. The lowest BCUT2D eigenvalue weighted by atomic mass is 10.0. The van der Waals surface area contributed by atoms with E-state index < -0.39 is 0 Å². The Morgan fingerprint density at radius 2 is 1.81 bits per heavy atom. The first-order valence-electron chi connectivity index (χ1n) is 11.8. The maximum absolute atomic E-state index is 5.86. The summed E-state index contributed by atoms with van der Waals surface area (Å²) in [5.74, 6) is 1.78. The average Bonchev–Trinajstić information content (AvgIpc) is 3.59. The third-order valence-corrected chi connectivity index (χ3v) is 7.19. The molecular weight excluding hydrogens is 392 g/mol. The molecule has 8 nitrogen and oxygen atoms in total. The summed E-state index contributed by atoms with van der Waals surface area (Å²) >= 11 is 0. The van der Waals surface area contributed by atoms with Gasteiger partial charge >= 0.3 is 0 Å². The molecule has 0 radical (unpaired) electrons. The van der Waals surface area contributed by atoms with Crippen LogP contribution >= 0.6 is 0 Å². The number of hydrogen-bond acceptors (Lipinski definition) is 7. The molecule has 1 aromatic heterocycles. The first-order valence-corrected chi connectivity index (χ1v) is 11.8. The van der Waals surface area contributed by atoms with Crippen LogP contribution in [0, 0.1) is 0 Å². The molecule has 2 aromatic rings. The van der Waals surface area contributed by atoms with Gasteiger partial charge in [0.05, 0.1) is 25.8 Å². The number of nitrogens with zero attached hydrogens (tertiary/aromatic N) is 6. The molecule has 8 heteroatoms. The van der Waals surface area contributed by atoms with Gasteiger partial charge in [0.2, 0.25) is 0 Å². The van der Waals surface area contributed by atoms with Gasteiger partial charge in [-0.15, -0.1) is 5.10 Å². The molecule has 0 unspecified atom stereocenters. The van der Waals surface area contributed by atoms with Crippen LogP contribution < -0.4 is 4.74 Å². The molecule has 1 aromatic carbocycles. The summed E-state index contributed by atoms with van der Waals surface area (Å²) in [5, 5.41) is 12.9. The normalized spacial score (nSPS) is 24.6. The highest BCUT2D eigenvalue weighted by Gasteiger charge is 2.33. The van der Waals surface area contributed by atoms with Crippen LogP contribution in [0.1, 0.15) is 56.0 Å². The van der Waals surface area contributed by atoms with Crippen molar-refractivity contribution in [3.8, 4) is 5.75 Å². The molecule has 5 rings (SSSR count). The lowest BCUT2D eigenvalue weighted by Crippen LogP contribution is -2.51. The van der Waals surface area contributed by atoms with Gasteiger partial charge in [-0.25, -0.2) is 4.68 Å². The van der Waals surface area contributed by atoms with Crippen molar-refractivity contribution >= 4 is 0 Å². The Morgan fingerprint density at radius 1 is 1.03 bits per heavy atom. The maximum atomic E-state index is 5.86. The van der Waals surface area contributed by atoms with Crippen LogP contribution in [0.25, 0.3) is 0 Å². The fraction of sp³-hybridized carbons (Fsp3) is 0.696. The summed E-state index contributed by atoms with van der Waals surface area (Å²) in [6.45, 7) is 5.85. The Labute approximate surface area is 184 Å². The number of ether oxygens (including phenoxy) is 2. The van der Waals surface area contributed by atoms with Gasteiger partial charge in [-0.3, -0.25) is 9.80 Å². The molecule has 0 N–H and O–H groups in total. The number of tetrazole rings is 1. The fourth-order valence-electron chi connectivity index (χ4n) is 5.46. The van der Waals surface area contributed by atoms with Crippen LogP contribution in [-0.2, 0) is 11.3 Å². The minimum absolute atomic E-state index is 0.0352. The Bertz CT molecular complexity index is 821. The molecule has 2 saturated heterocycles. The Balaban J connectivity index is 1.38. The number of methoxy groups -OCH3 is 1. The van der Waals surface area contributed by atoms with Crippen LogP contribution in [0.2, 0.25) is 0 Å². The first kappa shape index (κ1) is 20.8. The molecule has 0 bridgehead atoms. The zero-order valence-electron chi connectivity index (χ0n) is 18.5. The van der Waals surface area contributed by atoms with Crippen LogP contribution in [0.5, 0.6) is 5.75 Å². The van der Waals surface area contributed by atoms with Crippen molar-refractivity contribution in [2.45, 2.75) is 63.3 Å². The third kappa shape index (κ3) is 4.61. The third-order valence-electron chi connectivity index (χ3n) is 7.19. The highest BCUT2D eigenvalue weighted by molar-refractivity contribution is 5.32. The lowest BCUT2D eigenvalue weighted by molar-refractivity contribution is 0.0720. The molecule has 1 aliphatic carbocycles. The second-order valence-corrected chi connectivity index (χ2v) is 9.04. The van der Waals surface area contributed by atoms with Gasteiger partial charge < -0.3 is 9.47 Å². The number of benzene rings is 1. The van der Waals surface area contributed by atoms with Crippen molar-refractivity contribution < 1.29 is 9.47 Å². The van der Waals surface area contributed by atoms with E-state index in [0.717, 1.165) is 69.8 Å². The number of piperazine rings is 1. The molecule has 31 heavy (non-hydrogen) atoms. The average molecular weight is 427 g/mol. The summed E-state index contributed by atoms with van der Waals surface area (Å²) in [4.78, 5) is 5.24. The van der Waals surface area contributed by atoms with Crippen molar-refractivity contribution in [2.75, 3.05) is 39.9 Å². The molecule has 0 amide bonds. The molecule has 3 aliphatic rings. The van der Waals surface area contributed by atoms with Gasteiger partial charge in [-0.1, -0.05) is 25.0 Å². The van der Waals surface area contributed by atoms with E-state index in [9.17, 15) is 0 Å². The minimum atomic E-state index is 0.0352. The van der Waals surface area contributed by atoms with Gasteiger partial charge in [0.15, 0.2) is 5.82 Å². The molecular formula is C23H34N6O2. The molecule has 2 atom stereocenters. The van der Waals surface area contributed by atoms with E-state index >= 15 is 0 Å². The van der Waals surface area contributed by atoms with Crippen molar-refractivity contribution in [3.05, 3.63) is 35.7 Å². The molecule has 1 saturated carbocycles. The topological polar surface area (TPSA) is 68.5 Å². The highest BCUT2D eigenvalue weighted by atomic mass is 16.5. The van der Waals surface area contributed by atoms with Gasteiger partial charge in [-0.05, 0) is 53.8 Å². The Kier molecular flexibility index (Phi) is 6.47. The van der Waals surface area contributed by atoms with Crippen LogP contribution in [-0.4, -0.2) is 82.0 Å². The van der Waals surface area contributed by atoms with Crippen molar-refractivity contribution in [2.24, 2.45) is 0 Å². The summed E-state index contributed by atoms with van der Waals surface area (Å²) in [5.41, 5.74) is 1.21. The summed E-state index contributed by atoms with van der Waals surface area (Å²) in [7, 11) is 1.71. The second-order valence-electron chi connectivity index (χ2n) is 9.04. The van der Waals surface area contributed by atoms with Gasteiger partial charge in [0.1, 0.15) is 5.75 Å². The Morgan fingerprint density at radius 3 is 2.48 bits per heavy atom. The summed E-state index contributed by atoms with van der Waals surface area (Å²) in [6, 6.07) is 9.19. The van der Waals surface area contributed by atoms with Crippen molar-refractivity contribution in [3.63, 3.8) is 0 Å². The maximum Gasteiger partial charge on any atom is 0.173 e. The molecule has 0 spiro atoms. The van der Waals surface area contributed by atoms with Gasteiger partial charge in [-0.2, -0.15) is 0 Å². The van der Waals surface area contributed by atoms with Gasteiger partial charge in [0, 0.05) is 38.8 Å². The van der Waals surface area contributed by atoms with E-state index in [4.69, 9.17) is 9.47 Å². The quantitative estimate of drug-likeness (QED) is 0.674. The predicted molar refractivity (Wildman–Crippen MR) is 117 cm³/mol. The van der Waals surface area contributed by atoms with Gasteiger partial charge in [0.25, 0.3) is 0 Å². The van der Waals surface area contributed by atoms with E-state index in [0.29, 0.717) is 0 Å². The zero-order chi connectivity index (χ0) is 21.0. The smallest absolute Gasteiger partial charge is 0.173 e. The first-order chi connectivity index (χ1) is 15.3. The Hall–Kier alpha value is -2.03. The van der Waals surface area contributed by atoms with E-state index in [1.54, 1.807) is 7.11 Å². The van der Waals surface area contributed by atoms with E-state index in [1.807, 2.05) is 16.8 Å². The summed E-state index contributed by atoms with van der Waals surface area (Å²) in [6.07, 6.45) is 7.90. The molecule has 2 aliphatic heterocycles. The van der Waals surface area contributed by atoms with Crippen molar-refractivity contribution in [1.29, 1.82) is 0 Å². The minimum Gasteiger partial charge on any atom is -0.497 e. The summed E-state index contributed by atoms with van der Waals surface area (Å²) < 4.78 is 13.2. The van der Waals surface area contributed by atoms with Crippen LogP contribution in [0.4, 0.5) is 0 Å². The predicted octanol–water partition coefficient (Wildman–Crippen LogP) is 2.51. The molecule has 168 valence electrons. The number of rotatable bonds is 7. The van der Waals surface area contributed by atoms with Crippen LogP contribution in [0.3, 0.4) is 0 Å². The van der Waals surface area contributed by atoms with E-state index in [1.165, 1.54) is 31.2 Å². The zero-order valence-corrected chi connectivity index (χ0v) is 18.5. The number of hydrogen-bond donors (Lipinski definition) is 0. The monoisotopic (exact) mass is 426 g/mol.